The zero-order chi connectivity index (χ0) is 22.4. The molecule has 8 heteroatoms. The molecule has 154 valence electrons. The monoisotopic (exact) mass is 415 g/mol. The number of carboxylic acids is 1. The van der Waals surface area contributed by atoms with Crippen molar-refractivity contribution in [3.05, 3.63) is 83.1 Å². The molecule has 3 N–H and O–H groups in total. The number of nitrogens with one attached hydrogen (secondary N) is 2. The van der Waals surface area contributed by atoms with Gasteiger partial charge in [0, 0.05) is 29.9 Å². The highest BCUT2D eigenvalue weighted by atomic mass is 16.4. The number of hydrogen-bond acceptors (Lipinski definition) is 5. The summed E-state index contributed by atoms with van der Waals surface area (Å²) in [7, 11) is 1.52. The lowest BCUT2D eigenvalue weighted by atomic mass is 10.1. The maximum atomic E-state index is 12.4. The molecule has 2 aromatic carbocycles. The van der Waals surface area contributed by atoms with Gasteiger partial charge in [-0.1, -0.05) is 12.1 Å². The first-order valence-electron chi connectivity index (χ1n) is 9.10. The molecule has 0 bridgehead atoms. The van der Waals surface area contributed by atoms with Crippen LogP contribution in [0.1, 0.15) is 26.5 Å². The minimum Gasteiger partial charge on any atom is -0.478 e. The molecule has 0 radical (unpaired) electrons. The lowest BCUT2D eigenvalue weighted by Crippen LogP contribution is -2.18. The second kappa shape index (κ2) is 9.24. The average molecular weight is 415 g/mol. The number of hydrogen-bond donors (Lipinski definition) is 3. The van der Waals surface area contributed by atoms with Crippen LogP contribution < -0.4 is 10.6 Å². The molecule has 0 unspecified atom stereocenters. The number of anilines is 1. The molecule has 1 heterocycles. The third kappa shape index (κ3) is 5.05. The Kier molecular flexibility index (Phi) is 6.28. The molecule has 0 aliphatic rings. The van der Waals surface area contributed by atoms with Crippen LogP contribution in [0.3, 0.4) is 0 Å². The topological polar surface area (TPSA) is 132 Å². The fraction of sp³-hybridized carbons (Fsp3) is 0.0435. The molecule has 2 amide bonds. The summed E-state index contributed by atoms with van der Waals surface area (Å²) in [6.07, 6.45) is 1.31. The van der Waals surface area contributed by atoms with Gasteiger partial charge >= 0.3 is 5.97 Å². The Morgan fingerprint density at radius 3 is 2.19 bits per heavy atom. The largest absolute Gasteiger partial charge is 0.478 e. The lowest BCUT2D eigenvalue weighted by molar-refractivity contribution is -0.112. The summed E-state index contributed by atoms with van der Waals surface area (Å²) in [5.74, 6) is -1.15. The van der Waals surface area contributed by atoms with Gasteiger partial charge in [-0.2, -0.15) is 5.26 Å². The van der Waals surface area contributed by atoms with Crippen molar-refractivity contribution in [2.45, 2.75) is 0 Å². The lowest BCUT2D eigenvalue weighted by Gasteiger charge is -2.05. The van der Waals surface area contributed by atoms with Crippen molar-refractivity contribution >= 4 is 29.5 Å². The van der Waals surface area contributed by atoms with E-state index in [9.17, 15) is 19.6 Å². The van der Waals surface area contributed by atoms with E-state index in [1.807, 2.05) is 6.07 Å². The summed E-state index contributed by atoms with van der Waals surface area (Å²) in [4.78, 5) is 34.9. The molecular formula is C23H17N3O5. The van der Waals surface area contributed by atoms with Crippen LogP contribution in [0.5, 0.6) is 0 Å². The molecule has 0 spiro atoms. The van der Waals surface area contributed by atoms with Gasteiger partial charge in [-0.15, -0.1) is 0 Å². The normalized spacial score (nSPS) is 10.8. The van der Waals surface area contributed by atoms with Crippen molar-refractivity contribution in [1.29, 1.82) is 5.26 Å². The standard InChI is InChI=1S/C23H17N3O5/c1-25-21(27)15-6-8-18(9-7-15)26-22(28)17(13-24)12-19-10-11-20(31-19)14-2-4-16(5-3-14)23(29)30/h2-12H,1H3,(H,25,27)(H,26,28)(H,29,30)/b17-12+. The molecule has 8 nitrogen and oxygen atoms in total. The van der Waals surface area contributed by atoms with E-state index in [1.165, 1.54) is 25.3 Å². The number of carbonyl (C=O) groups excluding carboxylic acids is 2. The fourth-order valence-electron chi connectivity index (χ4n) is 2.70. The number of furan rings is 1. The quantitative estimate of drug-likeness (QED) is 0.417. The highest BCUT2D eigenvalue weighted by Crippen LogP contribution is 2.24. The van der Waals surface area contributed by atoms with E-state index >= 15 is 0 Å². The number of nitriles is 1. The van der Waals surface area contributed by atoms with E-state index in [1.54, 1.807) is 48.5 Å². The summed E-state index contributed by atoms with van der Waals surface area (Å²) >= 11 is 0. The average Bonchev–Trinajstić information content (AvgIpc) is 3.26. The van der Waals surface area contributed by atoms with Crippen LogP contribution in [0.15, 0.2) is 70.7 Å². The highest BCUT2D eigenvalue weighted by molar-refractivity contribution is 6.09. The number of aromatic carboxylic acids is 1. The predicted octanol–water partition coefficient (Wildman–Crippen LogP) is 3.55. The highest BCUT2D eigenvalue weighted by Gasteiger charge is 2.12. The van der Waals surface area contributed by atoms with Crippen LogP contribution in [0, 0.1) is 11.3 Å². The molecule has 0 atom stereocenters. The smallest absolute Gasteiger partial charge is 0.335 e. The first-order chi connectivity index (χ1) is 14.9. The molecule has 0 saturated heterocycles. The Bertz CT molecular complexity index is 1200. The molecule has 1 aromatic heterocycles. The van der Waals surface area contributed by atoms with Gasteiger partial charge in [-0.3, -0.25) is 9.59 Å². The Labute approximate surface area is 177 Å². The molecule has 0 aliphatic carbocycles. The zero-order valence-electron chi connectivity index (χ0n) is 16.4. The van der Waals surface area contributed by atoms with Crippen LogP contribution in [0.4, 0.5) is 5.69 Å². The third-order valence-electron chi connectivity index (χ3n) is 4.33. The Morgan fingerprint density at radius 2 is 1.61 bits per heavy atom. The van der Waals surface area contributed by atoms with Gasteiger partial charge in [0.25, 0.3) is 11.8 Å². The molecule has 0 fully saturated rings. The second-order valence-corrected chi connectivity index (χ2v) is 6.36. The van der Waals surface area contributed by atoms with Crippen molar-refractivity contribution in [3.63, 3.8) is 0 Å². The summed E-state index contributed by atoms with van der Waals surface area (Å²) in [5, 5.41) is 23.4. The number of rotatable bonds is 6. The summed E-state index contributed by atoms with van der Waals surface area (Å²) in [6.45, 7) is 0. The SMILES string of the molecule is CNC(=O)c1ccc(NC(=O)/C(C#N)=C/c2ccc(-c3ccc(C(=O)O)cc3)o2)cc1. The maximum absolute atomic E-state index is 12.4. The van der Waals surface area contributed by atoms with Gasteiger partial charge in [-0.05, 0) is 48.5 Å². The van der Waals surface area contributed by atoms with E-state index < -0.39 is 11.9 Å². The van der Waals surface area contributed by atoms with Gasteiger partial charge in [0.1, 0.15) is 23.2 Å². The minimum absolute atomic E-state index is 0.155. The maximum Gasteiger partial charge on any atom is 0.335 e. The van der Waals surface area contributed by atoms with Gasteiger partial charge in [0.2, 0.25) is 0 Å². The minimum atomic E-state index is -1.03. The van der Waals surface area contributed by atoms with Crippen molar-refractivity contribution in [1.82, 2.24) is 5.32 Å². The summed E-state index contributed by atoms with van der Waals surface area (Å²) in [6, 6.07) is 17.5. The number of benzene rings is 2. The Hall–Kier alpha value is -4.64. The number of nitrogens with zero attached hydrogens (tertiary/aromatic N) is 1. The molecular weight excluding hydrogens is 398 g/mol. The van der Waals surface area contributed by atoms with Crippen molar-refractivity contribution in [2.24, 2.45) is 0 Å². The van der Waals surface area contributed by atoms with Gasteiger partial charge in [0.05, 0.1) is 5.56 Å². The van der Waals surface area contributed by atoms with E-state index in [0.29, 0.717) is 28.3 Å². The Balaban J connectivity index is 1.74. The number of carboxylic acid groups (broad SMARTS) is 1. The molecule has 0 aliphatic heterocycles. The van der Waals surface area contributed by atoms with Crippen molar-refractivity contribution in [3.8, 4) is 17.4 Å². The third-order valence-corrected chi connectivity index (χ3v) is 4.33. The predicted molar refractivity (Wildman–Crippen MR) is 113 cm³/mol. The van der Waals surface area contributed by atoms with Crippen molar-refractivity contribution < 1.29 is 23.9 Å². The molecule has 31 heavy (non-hydrogen) atoms. The van der Waals surface area contributed by atoms with Crippen LogP contribution in [0.25, 0.3) is 17.4 Å². The Morgan fingerprint density at radius 1 is 0.968 bits per heavy atom. The molecule has 0 saturated carbocycles. The first kappa shape index (κ1) is 21.1. The van der Waals surface area contributed by atoms with Gasteiger partial charge in [-0.25, -0.2) is 4.79 Å². The van der Waals surface area contributed by atoms with Crippen LogP contribution in [0.2, 0.25) is 0 Å². The number of amides is 2. The summed E-state index contributed by atoms with van der Waals surface area (Å²) in [5.41, 5.74) is 1.51. The molecule has 3 rings (SSSR count). The van der Waals surface area contributed by atoms with E-state index in [4.69, 9.17) is 9.52 Å². The second-order valence-electron chi connectivity index (χ2n) is 6.36. The van der Waals surface area contributed by atoms with Crippen LogP contribution in [-0.4, -0.2) is 29.9 Å². The fourth-order valence-corrected chi connectivity index (χ4v) is 2.70. The summed E-state index contributed by atoms with van der Waals surface area (Å²) < 4.78 is 5.66. The van der Waals surface area contributed by atoms with Crippen LogP contribution >= 0.6 is 0 Å². The van der Waals surface area contributed by atoms with E-state index in [-0.39, 0.29) is 17.0 Å². The van der Waals surface area contributed by atoms with Gasteiger partial charge in [0.15, 0.2) is 0 Å². The van der Waals surface area contributed by atoms with Crippen molar-refractivity contribution in [2.75, 3.05) is 12.4 Å². The first-order valence-corrected chi connectivity index (χ1v) is 9.10. The van der Waals surface area contributed by atoms with Crippen LogP contribution in [-0.2, 0) is 4.79 Å². The number of carbonyl (C=O) groups is 3. The van der Waals surface area contributed by atoms with E-state index in [0.717, 1.165) is 0 Å². The van der Waals surface area contributed by atoms with Gasteiger partial charge < -0.3 is 20.2 Å². The molecule has 3 aromatic rings. The zero-order valence-corrected chi connectivity index (χ0v) is 16.4. The van der Waals surface area contributed by atoms with E-state index in [2.05, 4.69) is 10.6 Å².